The van der Waals surface area contributed by atoms with E-state index in [0.717, 1.165) is 5.56 Å². The molecule has 0 spiro atoms. The van der Waals surface area contributed by atoms with Crippen LogP contribution in [0.4, 0.5) is 0 Å². The van der Waals surface area contributed by atoms with Gasteiger partial charge in [0.15, 0.2) is 11.5 Å². The predicted octanol–water partition coefficient (Wildman–Crippen LogP) is 4.75. The maximum Gasteiger partial charge on any atom is 0.262 e. The van der Waals surface area contributed by atoms with Gasteiger partial charge in [0.2, 0.25) is 0 Å². The first-order valence-corrected chi connectivity index (χ1v) is 9.38. The van der Waals surface area contributed by atoms with Crippen molar-refractivity contribution in [1.29, 1.82) is 5.26 Å². The van der Waals surface area contributed by atoms with E-state index in [2.05, 4.69) is 5.32 Å². The summed E-state index contributed by atoms with van der Waals surface area (Å²) in [5.41, 5.74) is 1.57. The smallest absolute Gasteiger partial charge is 0.262 e. The highest BCUT2D eigenvalue weighted by molar-refractivity contribution is 6.32. The second-order valence-electron chi connectivity index (χ2n) is 6.34. The SMILES string of the molecule is CCOc1cc(/C=C(/C#N)C(=O)NC(C)C)cc(Cl)c1OCc1ccccc1. The van der Waals surface area contributed by atoms with Crippen LogP contribution >= 0.6 is 11.6 Å². The van der Waals surface area contributed by atoms with E-state index in [0.29, 0.717) is 35.3 Å². The third-order valence-corrected chi connectivity index (χ3v) is 3.93. The molecule has 2 aromatic rings. The summed E-state index contributed by atoms with van der Waals surface area (Å²) in [5, 5.41) is 12.4. The number of benzene rings is 2. The van der Waals surface area contributed by atoms with E-state index in [1.807, 2.05) is 57.2 Å². The molecule has 5 nitrogen and oxygen atoms in total. The summed E-state index contributed by atoms with van der Waals surface area (Å²) < 4.78 is 11.5. The fraction of sp³-hybridized carbons (Fsp3) is 0.273. The van der Waals surface area contributed by atoms with Crippen LogP contribution in [0.15, 0.2) is 48.0 Å². The highest BCUT2D eigenvalue weighted by Gasteiger charge is 2.15. The van der Waals surface area contributed by atoms with Crippen molar-refractivity contribution in [3.63, 3.8) is 0 Å². The fourth-order valence-electron chi connectivity index (χ4n) is 2.46. The third-order valence-electron chi connectivity index (χ3n) is 3.65. The van der Waals surface area contributed by atoms with E-state index in [9.17, 15) is 10.1 Å². The summed E-state index contributed by atoms with van der Waals surface area (Å²) in [6, 6.07) is 14.9. The van der Waals surface area contributed by atoms with E-state index in [4.69, 9.17) is 21.1 Å². The molecular weight excluding hydrogens is 376 g/mol. The molecule has 0 aliphatic rings. The number of rotatable bonds is 8. The Kier molecular flexibility index (Phi) is 7.91. The van der Waals surface area contributed by atoms with Crippen LogP contribution in [-0.2, 0) is 11.4 Å². The lowest BCUT2D eigenvalue weighted by molar-refractivity contribution is -0.117. The second-order valence-corrected chi connectivity index (χ2v) is 6.74. The van der Waals surface area contributed by atoms with Gasteiger partial charge in [-0.25, -0.2) is 0 Å². The summed E-state index contributed by atoms with van der Waals surface area (Å²) in [5.74, 6) is 0.449. The zero-order chi connectivity index (χ0) is 20.5. The van der Waals surface area contributed by atoms with Crippen LogP contribution in [0.25, 0.3) is 6.08 Å². The summed E-state index contributed by atoms with van der Waals surface area (Å²) >= 11 is 6.41. The molecule has 0 unspecified atom stereocenters. The van der Waals surface area contributed by atoms with Gasteiger partial charge < -0.3 is 14.8 Å². The first kappa shape index (κ1) is 21.3. The topological polar surface area (TPSA) is 71.3 Å². The zero-order valence-electron chi connectivity index (χ0n) is 16.2. The lowest BCUT2D eigenvalue weighted by Gasteiger charge is -2.15. The van der Waals surface area contributed by atoms with Gasteiger partial charge >= 0.3 is 0 Å². The molecule has 0 saturated carbocycles. The second kappa shape index (κ2) is 10.4. The van der Waals surface area contributed by atoms with E-state index in [-0.39, 0.29) is 11.6 Å². The number of carbonyl (C=O) groups excluding carboxylic acids is 1. The Morgan fingerprint density at radius 3 is 2.57 bits per heavy atom. The highest BCUT2D eigenvalue weighted by atomic mass is 35.5. The number of carbonyl (C=O) groups is 1. The minimum atomic E-state index is -0.434. The molecule has 0 saturated heterocycles. The molecule has 2 rings (SSSR count). The molecule has 28 heavy (non-hydrogen) atoms. The van der Waals surface area contributed by atoms with Crippen molar-refractivity contribution in [1.82, 2.24) is 5.32 Å². The Hall–Kier alpha value is -2.97. The van der Waals surface area contributed by atoms with Crippen molar-refractivity contribution in [2.45, 2.75) is 33.4 Å². The van der Waals surface area contributed by atoms with Gasteiger partial charge in [-0.1, -0.05) is 41.9 Å². The molecular formula is C22H23ClN2O3. The van der Waals surface area contributed by atoms with Gasteiger partial charge in [0.1, 0.15) is 18.2 Å². The zero-order valence-corrected chi connectivity index (χ0v) is 16.9. The van der Waals surface area contributed by atoms with Gasteiger partial charge in [0.05, 0.1) is 11.6 Å². The van der Waals surface area contributed by atoms with Crippen LogP contribution in [0.1, 0.15) is 31.9 Å². The minimum Gasteiger partial charge on any atom is -0.490 e. The third kappa shape index (κ3) is 6.04. The number of nitrogens with zero attached hydrogens (tertiary/aromatic N) is 1. The van der Waals surface area contributed by atoms with Gasteiger partial charge in [0.25, 0.3) is 5.91 Å². The normalized spacial score (nSPS) is 11.1. The molecule has 1 amide bonds. The van der Waals surface area contributed by atoms with Crippen molar-refractivity contribution in [2.24, 2.45) is 0 Å². The predicted molar refractivity (Wildman–Crippen MR) is 110 cm³/mol. The van der Waals surface area contributed by atoms with Gasteiger partial charge in [-0.05, 0) is 50.1 Å². The number of nitrogens with one attached hydrogen (secondary N) is 1. The molecule has 1 N–H and O–H groups in total. The lowest BCUT2D eigenvalue weighted by atomic mass is 10.1. The van der Waals surface area contributed by atoms with Gasteiger partial charge in [-0.3, -0.25) is 4.79 Å². The standard InChI is InChI=1S/C22H23ClN2O3/c1-4-27-20-12-17(10-18(13-24)22(26)25-15(2)3)11-19(23)21(20)28-14-16-8-6-5-7-9-16/h5-12,15H,4,14H2,1-3H3,(H,25,26)/b18-10-. The minimum absolute atomic E-state index is 0.00910. The molecule has 0 fully saturated rings. The molecule has 0 aliphatic heterocycles. The van der Waals surface area contributed by atoms with Crippen LogP contribution in [0.2, 0.25) is 5.02 Å². The monoisotopic (exact) mass is 398 g/mol. The van der Waals surface area contributed by atoms with Gasteiger partial charge in [-0.15, -0.1) is 0 Å². The van der Waals surface area contributed by atoms with Crippen molar-refractivity contribution < 1.29 is 14.3 Å². The molecule has 0 bridgehead atoms. The van der Waals surface area contributed by atoms with Crippen molar-refractivity contribution in [3.05, 3.63) is 64.2 Å². The Balaban J connectivity index is 2.31. The Morgan fingerprint density at radius 1 is 1.25 bits per heavy atom. The van der Waals surface area contributed by atoms with Gasteiger partial charge in [-0.2, -0.15) is 5.26 Å². The van der Waals surface area contributed by atoms with Gasteiger partial charge in [0, 0.05) is 6.04 Å². The number of halogens is 1. The average Bonchev–Trinajstić information content (AvgIpc) is 2.66. The van der Waals surface area contributed by atoms with E-state index in [1.165, 1.54) is 6.08 Å². The van der Waals surface area contributed by atoms with Crippen molar-refractivity contribution in [3.8, 4) is 17.6 Å². The van der Waals surface area contributed by atoms with Crippen LogP contribution in [0.3, 0.4) is 0 Å². The summed E-state index contributed by atoms with van der Waals surface area (Å²) in [7, 11) is 0. The first-order valence-electron chi connectivity index (χ1n) is 9.00. The molecule has 2 aromatic carbocycles. The molecule has 0 heterocycles. The Morgan fingerprint density at radius 2 is 1.96 bits per heavy atom. The Bertz CT molecular complexity index is 887. The first-order chi connectivity index (χ1) is 13.4. The number of hydrogen-bond donors (Lipinski definition) is 1. The quantitative estimate of drug-likeness (QED) is 0.514. The molecule has 0 aromatic heterocycles. The van der Waals surface area contributed by atoms with Crippen LogP contribution in [0.5, 0.6) is 11.5 Å². The summed E-state index contributed by atoms with van der Waals surface area (Å²) in [6.07, 6.45) is 1.48. The summed E-state index contributed by atoms with van der Waals surface area (Å²) in [4.78, 5) is 12.1. The average molecular weight is 399 g/mol. The molecule has 6 heteroatoms. The van der Waals surface area contributed by atoms with E-state index >= 15 is 0 Å². The number of hydrogen-bond acceptors (Lipinski definition) is 4. The van der Waals surface area contributed by atoms with Crippen molar-refractivity contribution in [2.75, 3.05) is 6.61 Å². The molecule has 0 atom stereocenters. The fourth-order valence-corrected chi connectivity index (χ4v) is 2.73. The molecule has 0 radical (unpaired) electrons. The van der Waals surface area contributed by atoms with Crippen molar-refractivity contribution >= 4 is 23.6 Å². The van der Waals surface area contributed by atoms with Crippen LogP contribution in [0, 0.1) is 11.3 Å². The number of amides is 1. The lowest BCUT2D eigenvalue weighted by Crippen LogP contribution is -2.30. The molecule has 0 aliphatic carbocycles. The molecule has 146 valence electrons. The van der Waals surface area contributed by atoms with E-state index in [1.54, 1.807) is 12.1 Å². The maximum absolute atomic E-state index is 12.1. The van der Waals surface area contributed by atoms with E-state index < -0.39 is 5.91 Å². The Labute approximate surface area is 170 Å². The maximum atomic E-state index is 12.1. The number of ether oxygens (including phenoxy) is 2. The van der Waals surface area contributed by atoms with Crippen LogP contribution in [-0.4, -0.2) is 18.6 Å². The largest absolute Gasteiger partial charge is 0.490 e. The number of nitriles is 1. The summed E-state index contributed by atoms with van der Waals surface area (Å²) in [6.45, 7) is 6.28. The van der Waals surface area contributed by atoms with Crippen LogP contribution < -0.4 is 14.8 Å². The highest BCUT2D eigenvalue weighted by Crippen LogP contribution is 2.37.